The van der Waals surface area contributed by atoms with Gasteiger partial charge in [0.1, 0.15) is 5.75 Å². The van der Waals surface area contributed by atoms with Crippen LogP contribution in [0.5, 0.6) is 5.75 Å². The van der Waals surface area contributed by atoms with E-state index >= 15 is 0 Å². The van der Waals surface area contributed by atoms with Gasteiger partial charge in [-0.2, -0.15) is 0 Å². The maximum atomic E-state index is 12.7. The predicted molar refractivity (Wildman–Crippen MR) is 121 cm³/mol. The quantitative estimate of drug-likeness (QED) is 0.666. The number of hydrogen-bond acceptors (Lipinski definition) is 4. The Morgan fingerprint density at radius 1 is 0.969 bits per heavy atom. The number of rotatable bonds is 8. The van der Waals surface area contributed by atoms with Crippen LogP contribution in [-0.2, 0) is 16.1 Å². The number of piperidine rings is 1. The van der Waals surface area contributed by atoms with Crippen LogP contribution in [0.25, 0.3) is 0 Å². The third-order valence-electron chi connectivity index (χ3n) is 5.73. The molecular formula is C25H29N3O4. The molecule has 0 unspecified atom stereocenters. The average Bonchev–Trinajstić information content (AvgIpc) is 3.68. The zero-order valence-electron chi connectivity index (χ0n) is 18.1. The summed E-state index contributed by atoms with van der Waals surface area (Å²) in [6, 6.07) is 14.4. The fourth-order valence-corrected chi connectivity index (χ4v) is 3.75. The molecule has 0 atom stereocenters. The Morgan fingerprint density at radius 3 is 2.53 bits per heavy atom. The van der Waals surface area contributed by atoms with E-state index in [9.17, 15) is 14.4 Å². The molecule has 2 aromatic carbocycles. The van der Waals surface area contributed by atoms with E-state index in [4.69, 9.17) is 4.74 Å². The fourth-order valence-electron chi connectivity index (χ4n) is 3.75. The summed E-state index contributed by atoms with van der Waals surface area (Å²) < 4.78 is 5.57. The number of hydrogen-bond donors (Lipinski definition) is 2. The normalized spacial score (nSPS) is 15.7. The Hall–Kier alpha value is -3.35. The average molecular weight is 436 g/mol. The first-order chi connectivity index (χ1) is 15.6. The Balaban J connectivity index is 1.24. The first-order valence-corrected chi connectivity index (χ1v) is 11.3. The van der Waals surface area contributed by atoms with Gasteiger partial charge < -0.3 is 20.3 Å². The number of nitrogens with zero attached hydrogens (tertiary/aromatic N) is 1. The van der Waals surface area contributed by atoms with Crippen LogP contribution in [0.4, 0.5) is 5.69 Å². The van der Waals surface area contributed by atoms with Crippen molar-refractivity contribution in [3.8, 4) is 5.75 Å². The van der Waals surface area contributed by atoms with E-state index < -0.39 is 0 Å². The summed E-state index contributed by atoms with van der Waals surface area (Å²) in [4.78, 5) is 38.7. The zero-order valence-corrected chi connectivity index (χ0v) is 18.1. The van der Waals surface area contributed by atoms with E-state index in [1.54, 1.807) is 24.3 Å². The van der Waals surface area contributed by atoms with Crippen molar-refractivity contribution in [1.82, 2.24) is 10.2 Å². The van der Waals surface area contributed by atoms with Crippen molar-refractivity contribution in [3.63, 3.8) is 0 Å². The Kier molecular flexibility index (Phi) is 7.04. The molecule has 2 aromatic rings. The number of carbonyl (C=O) groups is 3. The molecule has 32 heavy (non-hydrogen) atoms. The SMILES string of the molecule is O=C(COc1cccc(NC(=O)C2CC2)c1)NCc1cccc(C(=O)N2CCCCC2)c1. The molecule has 3 amide bonds. The number of anilines is 1. The highest BCUT2D eigenvalue weighted by atomic mass is 16.5. The summed E-state index contributed by atoms with van der Waals surface area (Å²) in [5.41, 5.74) is 2.18. The van der Waals surface area contributed by atoms with Gasteiger partial charge in [0, 0.05) is 42.9 Å². The van der Waals surface area contributed by atoms with E-state index in [-0.39, 0.29) is 30.2 Å². The molecule has 2 N–H and O–H groups in total. The molecule has 1 saturated carbocycles. The lowest BCUT2D eigenvalue weighted by Gasteiger charge is -2.26. The van der Waals surface area contributed by atoms with Crippen LogP contribution in [0.15, 0.2) is 48.5 Å². The molecular weight excluding hydrogens is 406 g/mol. The lowest BCUT2D eigenvalue weighted by atomic mass is 10.1. The minimum absolute atomic E-state index is 0.0286. The molecule has 4 rings (SSSR count). The van der Waals surface area contributed by atoms with Gasteiger partial charge in [-0.15, -0.1) is 0 Å². The summed E-state index contributed by atoms with van der Waals surface area (Å²) in [5.74, 6) is 0.461. The number of likely N-dealkylation sites (tertiary alicyclic amines) is 1. The monoisotopic (exact) mass is 435 g/mol. The third kappa shape index (κ3) is 6.09. The van der Waals surface area contributed by atoms with E-state index in [0.29, 0.717) is 23.5 Å². The van der Waals surface area contributed by atoms with Crippen molar-refractivity contribution in [2.24, 2.45) is 5.92 Å². The maximum absolute atomic E-state index is 12.7. The minimum atomic E-state index is -0.259. The number of ether oxygens (including phenoxy) is 1. The third-order valence-corrected chi connectivity index (χ3v) is 5.73. The van der Waals surface area contributed by atoms with Crippen LogP contribution in [-0.4, -0.2) is 42.3 Å². The molecule has 7 heteroatoms. The van der Waals surface area contributed by atoms with Gasteiger partial charge in [-0.1, -0.05) is 18.2 Å². The standard InChI is InChI=1S/C25H29N3O4/c29-23(17-32-22-9-5-8-21(15-22)27-24(30)19-10-11-19)26-16-18-6-4-7-20(14-18)25(31)28-12-2-1-3-13-28/h4-9,14-15,19H,1-3,10-13,16-17H2,(H,26,29)(H,27,30). The van der Waals surface area contributed by atoms with Crippen LogP contribution in [0.1, 0.15) is 48.0 Å². The second-order valence-electron chi connectivity index (χ2n) is 8.41. The summed E-state index contributed by atoms with van der Waals surface area (Å²) >= 11 is 0. The van der Waals surface area contributed by atoms with E-state index in [0.717, 1.165) is 44.3 Å². The van der Waals surface area contributed by atoms with Gasteiger partial charge in [0.05, 0.1) is 0 Å². The Bertz CT molecular complexity index is 981. The van der Waals surface area contributed by atoms with E-state index in [1.807, 2.05) is 29.2 Å². The van der Waals surface area contributed by atoms with Gasteiger partial charge in [0.2, 0.25) is 5.91 Å². The van der Waals surface area contributed by atoms with Gasteiger partial charge >= 0.3 is 0 Å². The van der Waals surface area contributed by atoms with Crippen LogP contribution < -0.4 is 15.4 Å². The van der Waals surface area contributed by atoms with Gasteiger partial charge in [-0.05, 0) is 61.9 Å². The van der Waals surface area contributed by atoms with Crippen molar-refractivity contribution in [3.05, 3.63) is 59.7 Å². The van der Waals surface area contributed by atoms with Crippen LogP contribution in [0.3, 0.4) is 0 Å². The van der Waals surface area contributed by atoms with Crippen molar-refractivity contribution in [1.29, 1.82) is 0 Å². The van der Waals surface area contributed by atoms with Gasteiger partial charge in [0.25, 0.3) is 11.8 Å². The molecule has 2 fully saturated rings. The number of amides is 3. The first-order valence-electron chi connectivity index (χ1n) is 11.3. The van der Waals surface area contributed by atoms with Crippen molar-refractivity contribution in [2.75, 3.05) is 25.0 Å². The molecule has 1 heterocycles. The van der Waals surface area contributed by atoms with Crippen LogP contribution >= 0.6 is 0 Å². The van der Waals surface area contributed by atoms with Gasteiger partial charge in [0.15, 0.2) is 6.61 Å². The van der Waals surface area contributed by atoms with Crippen molar-refractivity contribution >= 4 is 23.4 Å². The second-order valence-corrected chi connectivity index (χ2v) is 8.41. The molecule has 1 aliphatic heterocycles. The van der Waals surface area contributed by atoms with Crippen molar-refractivity contribution < 1.29 is 19.1 Å². The number of carbonyl (C=O) groups excluding carboxylic acids is 3. The summed E-state index contributed by atoms with van der Waals surface area (Å²) in [5, 5.41) is 5.69. The molecule has 1 saturated heterocycles. The molecule has 0 aromatic heterocycles. The van der Waals surface area contributed by atoms with Crippen LogP contribution in [0.2, 0.25) is 0 Å². The topological polar surface area (TPSA) is 87.7 Å². The maximum Gasteiger partial charge on any atom is 0.258 e. The van der Waals surface area contributed by atoms with Crippen LogP contribution in [0, 0.1) is 5.92 Å². The molecule has 0 bridgehead atoms. The largest absolute Gasteiger partial charge is 0.484 e. The minimum Gasteiger partial charge on any atom is -0.484 e. The van der Waals surface area contributed by atoms with Gasteiger partial charge in [-0.3, -0.25) is 14.4 Å². The molecule has 2 aliphatic rings. The number of nitrogens with one attached hydrogen (secondary N) is 2. The molecule has 168 valence electrons. The molecule has 0 spiro atoms. The summed E-state index contributed by atoms with van der Waals surface area (Å²) in [6.07, 6.45) is 5.17. The van der Waals surface area contributed by atoms with E-state index in [2.05, 4.69) is 10.6 Å². The lowest BCUT2D eigenvalue weighted by molar-refractivity contribution is -0.123. The highest BCUT2D eigenvalue weighted by molar-refractivity contribution is 5.95. The van der Waals surface area contributed by atoms with Gasteiger partial charge in [-0.25, -0.2) is 0 Å². The predicted octanol–water partition coefficient (Wildman–Crippen LogP) is 3.36. The van der Waals surface area contributed by atoms with E-state index in [1.165, 1.54) is 6.42 Å². The highest BCUT2D eigenvalue weighted by Gasteiger charge is 2.29. The molecule has 7 nitrogen and oxygen atoms in total. The summed E-state index contributed by atoms with van der Waals surface area (Å²) in [7, 11) is 0. The number of benzene rings is 2. The Morgan fingerprint density at radius 2 is 1.75 bits per heavy atom. The fraction of sp³-hybridized carbons (Fsp3) is 0.400. The molecule has 0 radical (unpaired) electrons. The smallest absolute Gasteiger partial charge is 0.258 e. The zero-order chi connectivity index (χ0) is 22.3. The summed E-state index contributed by atoms with van der Waals surface area (Å²) in [6.45, 7) is 1.80. The highest BCUT2D eigenvalue weighted by Crippen LogP contribution is 2.30. The lowest BCUT2D eigenvalue weighted by Crippen LogP contribution is -2.35. The Labute approximate surface area is 188 Å². The first kappa shape index (κ1) is 21.9. The second kappa shape index (κ2) is 10.3. The van der Waals surface area contributed by atoms with Crippen molar-refractivity contribution in [2.45, 2.75) is 38.6 Å². The molecule has 1 aliphatic carbocycles.